The fourth-order valence-corrected chi connectivity index (χ4v) is 3.52. The zero-order valence-corrected chi connectivity index (χ0v) is 20.0. The SMILES string of the molecule is CC(C)(CCOCCCOCCC(C)(C)Cc1cocc(O)c1=O)Cc1cocc(O)c1=O. The maximum absolute atomic E-state index is 11.9. The van der Waals surface area contributed by atoms with E-state index in [0.717, 1.165) is 31.8 Å². The summed E-state index contributed by atoms with van der Waals surface area (Å²) in [7, 11) is 0. The predicted octanol–water partition coefficient (Wildman–Crippen LogP) is 4.05. The summed E-state index contributed by atoms with van der Waals surface area (Å²) < 4.78 is 21.4. The summed E-state index contributed by atoms with van der Waals surface area (Å²) in [5.41, 5.74) is -0.196. The molecule has 2 rings (SSSR count). The minimum Gasteiger partial charge on any atom is -0.502 e. The molecule has 0 amide bonds. The van der Waals surface area contributed by atoms with Gasteiger partial charge in [0.25, 0.3) is 0 Å². The summed E-state index contributed by atoms with van der Waals surface area (Å²) >= 11 is 0. The van der Waals surface area contributed by atoms with Gasteiger partial charge in [-0.3, -0.25) is 9.59 Å². The first-order valence-electron chi connectivity index (χ1n) is 11.2. The van der Waals surface area contributed by atoms with E-state index in [2.05, 4.69) is 0 Å². The Bertz CT molecular complexity index is 907. The van der Waals surface area contributed by atoms with Gasteiger partial charge in [0.1, 0.15) is 12.5 Å². The van der Waals surface area contributed by atoms with Gasteiger partial charge in [-0.2, -0.15) is 0 Å². The van der Waals surface area contributed by atoms with E-state index in [0.29, 0.717) is 50.4 Å². The Hall–Kier alpha value is -2.58. The first-order valence-corrected chi connectivity index (χ1v) is 11.2. The minimum absolute atomic E-state index is 0.169. The van der Waals surface area contributed by atoms with Crippen molar-refractivity contribution in [2.45, 2.75) is 59.8 Å². The standard InChI is InChI=1S/C25H36O8/c1-24(2,12-18-14-32-16-20(26)22(18)28)6-10-30-8-5-9-31-11-7-25(3,4)13-19-15-33-17-21(27)23(19)29/h14-17,26-27H,5-13H2,1-4H3. The van der Waals surface area contributed by atoms with E-state index in [1.54, 1.807) is 0 Å². The molecule has 2 N–H and O–H groups in total. The Morgan fingerprint density at radius 2 is 1.09 bits per heavy atom. The molecule has 0 saturated heterocycles. The first kappa shape index (κ1) is 26.7. The van der Waals surface area contributed by atoms with Gasteiger partial charge in [0.2, 0.25) is 10.9 Å². The third-order valence-electron chi connectivity index (χ3n) is 5.59. The Kier molecular flexibility index (Phi) is 9.73. The average molecular weight is 465 g/mol. The summed E-state index contributed by atoms with van der Waals surface area (Å²) in [6.45, 7) is 10.5. The molecule has 0 radical (unpaired) electrons. The zero-order valence-electron chi connectivity index (χ0n) is 20.0. The van der Waals surface area contributed by atoms with Gasteiger partial charge in [-0.1, -0.05) is 27.7 Å². The Morgan fingerprint density at radius 3 is 1.48 bits per heavy atom. The van der Waals surface area contributed by atoms with Crippen LogP contribution in [0.15, 0.2) is 43.5 Å². The van der Waals surface area contributed by atoms with Crippen molar-refractivity contribution in [3.8, 4) is 11.5 Å². The number of hydrogen-bond acceptors (Lipinski definition) is 8. The van der Waals surface area contributed by atoms with Crippen molar-refractivity contribution in [1.29, 1.82) is 0 Å². The molecule has 0 aliphatic carbocycles. The highest BCUT2D eigenvalue weighted by Gasteiger charge is 2.22. The smallest absolute Gasteiger partial charge is 0.229 e. The van der Waals surface area contributed by atoms with Gasteiger partial charge in [-0.15, -0.1) is 0 Å². The van der Waals surface area contributed by atoms with Crippen LogP contribution < -0.4 is 10.9 Å². The highest BCUT2D eigenvalue weighted by Crippen LogP contribution is 2.26. The van der Waals surface area contributed by atoms with Gasteiger partial charge in [0.05, 0.1) is 12.5 Å². The molecule has 8 heteroatoms. The molecule has 0 aliphatic rings. The molecule has 2 heterocycles. The van der Waals surface area contributed by atoms with Crippen LogP contribution in [0.1, 0.15) is 58.1 Å². The number of hydrogen-bond donors (Lipinski definition) is 2. The molecule has 0 unspecified atom stereocenters. The molecular weight excluding hydrogens is 428 g/mol. The lowest BCUT2D eigenvalue weighted by Gasteiger charge is -2.24. The predicted molar refractivity (Wildman–Crippen MR) is 124 cm³/mol. The van der Waals surface area contributed by atoms with Crippen molar-refractivity contribution in [2.24, 2.45) is 10.8 Å². The lowest BCUT2D eigenvalue weighted by atomic mass is 9.83. The molecule has 0 aliphatic heterocycles. The van der Waals surface area contributed by atoms with Crippen LogP contribution in [0.25, 0.3) is 0 Å². The molecule has 0 aromatic carbocycles. The van der Waals surface area contributed by atoms with E-state index in [-0.39, 0.29) is 33.2 Å². The second-order valence-electron chi connectivity index (χ2n) is 9.98. The van der Waals surface area contributed by atoms with Crippen LogP contribution in [-0.2, 0) is 22.3 Å². The van der Waals surface area contributed by atoms with Crippen molar-refractivity contribution in [1.82, 2.24) is 0 Å². The summed E-state index contributed by atoms with van der Waals surface area (Å²) in [6.07, 6.45) is 8.15. The second kappa shape index (κ2) is 12.0. The van der Waals surface area contributed by atoms with E-state index >= 15 is 0 Å². The van der Waals surface area contributed by atoms with Gasteiger partial charge in [0, 0.05) is 37.6 Å². The van der Waals surface area contributed by atoms with E-state index in [4.69, 9.17) is 18.3 Å². The van der Waals surface area contributed by atoms with E-state index in [1.807, 2.05) is 27.7 Å². The van der Waals surface area contributed by atoms with Crippen LogP contribution >= 0.6 is 0 Å². The molecule has 0 saturated carbocycles. The summed E-state index contributed by atoms with van der Waals surface area (Å²) in [5.74, 6) is -0.735. The van der Waals surface area contributed by atoms with Crippen molar-refractivity contribution in [3.63, 3.8) is 0 Å². The fraction of sp³-hybridized carbons (Fsp3) is 0.600. The average Bonchev–Trinajstić information content (AvgIpc) is 2.73. The Morgan fingerprint density at radius 1 is 0.697 bits per heavy atom. The maximum Gasteiger partial charge on any atom is 0.229 e. The van der Waals surface area contributed by atoms with Gasteiger partial charge in [-0.05, 0) is 42.9 Å². The number of aromatic hydroxyl groups is 2. The Balaban J connectivity index is 1.58. The lowest BCUT2D eigenvalue weighted by Crippen LogP contribution is -2.22. The van der Waals surface area contributed by atoms with Crippen molar-refractivity contribution < 1.29 is 28.5 Å². The van der Waals surface area contributed by atoms with Crippen molar-refractivity contribution in [2.75, 3.05) is 26.4 Å². The number of ether oxygens (including phenoxy) is 2. The normalized spacial score (nSPS) is 12.2. The van der Waals surface area contributed by atoms with Crippen LogP contribution in [0.2, 0.25) is 0 Å². The zero-order chi connectivity index (χ0) is 24.5. The van der Waals surface area contributed by atoms with Crippen LogP contribution in [0.3, 0.4) is 0 Å². The molecule has 0 bridgehead atoms. The third kappa shape index (κ3) is 9.06. The van der Waals surface area contributed by atoms with E-state index < -0.39 is 0 Å². The van der Waals surface area contributed by atoms with Gasteiger partial charge in [0.15, 0.2) is 11.5 Å². The minimum atomic E-state index is -0.388. The topological polar surface area (TPSA) is 119 Å². The van der Waals surface area contributed by atoms with Gasteiger partial charge in [-0.25, -0.2) is 0 Å². The Labute approximate surface area is 194 Å². The molecule has 184 valence electrons. The van der Waals surface area contributed by atoms with Crippen molar-refractivity contribution in [3.05, 3.63) is 56.6 Å². The summed E-state index contributed by atoms with van der Waals surface area (Å²) in [6, 6.07) is 0. The fourth-order valence-electron chi connectivity index (χ4n) is 3.52. The van der Waals surface area contributed by atoms with E-state index in [1.165, 1.54) is 12.5 Å². The molecule has 2 aromatic heterocycles. The van der Waals surface area contributed by atoms with E-state index in [9.17, 15) is 19.8 Å². The molecule has 0 atom stereocenters. The second-order valence-corrected chi connectivity index (χ2v) is 9.98. The summed E-state index contributed by atoms with van der Waals surface area (Å²) in [4.78, 5) is 23.9. The summed E-state index contributed by atoms with van der Waals surface area (Å²) in [5, 5.41) is 19.0. The molecule has 8 nitrogen and oxygen atoms in total. The maximum atomic E-state index is 11.9. The first-order chi connectivity index (χ1) is 15.5. The van der Waals surface area contributed by atoms with Gasteiger partial charge >= 0.3 is 0 Å². The monoisotopic (exact) mass is 464 g/mol. The lowest BCUT2D eigenvalue weighted by molar-refractivity contribution is 0.0607. The molecule has 0 fully saturated rings. The van der Waals surface area contributed by atoms with Crippen molar-refractivity contribution >= 4 is 0 Å². The largest absolute Gasteiger partial charge is 0.502 e. The molecular formula is C25H36O8. The molecule has 33 heavy (non-hydrogen) atoms. The molecule has 2 aromatic rings. The van der Waals surface area contributed by atoms with Crippen LogP contribution in [-0.4, -0.2) is 36.6 Å². The van der Waals surface area contributed by atoms with Crippen LogP contribution in [0, 0.1) is 10.8 Å². The van der Waals surface area contributed by atoms with Crippen LogP contribution in [0.4, 0.5) is 0 Å². The third-order valence-corrected chi connectivity index (χ3v) is 5.59. The highest BCUT2D eigenvalue weighted by atomic mass is 16.5. The highest BCUT2D eigenvalue weighted by molar-refractivity contribution is 5.22. The quantitative estimate of drug-likeness (QED) is 0.402. The van der Waals surface area contributed by atoms with Gasteiger partial charge < -0.3 is 28.5 Å². The number of rotatable bonds is 14. The van der Waals surface area contributed by atoms with Crippen LogP contribution in [0.5, 0.6) is 11.5 Å². The molecule has 0 spiro atoms.